The second kappa shape index (κ2) is 5.08. The first kappa shape index (κ1) is 13.4. The summed E-state index contributed by atoms with van der Waals surface area (Å²) in [5, 5.41) is 5.84. The van der Waals surface area contributed by atoms with Gasteiger partial charge >= 0.3 is 0 Å². The first-order valence-electron chi connectivity index (χ1n) is 6.97. The minimum atomic E-state index is 0.420. The Bertz CT molecular complexity index is 587. The monoisotopic (exact) mass is 293 g/mol. The van der Waals surface area contributed by atoms with E-state index in [1.54, 1.807) is 0 Å². The molecule has 1 saturated carbocycles. The maximum Gasteiger partial charge on any atom is 0.0636 e. The third-order valence-electron chi connectivity index (χ3n) is 4.37. The average Bonchev–Trinajstić information content (AvgIpc) is 2.88. The van der Waals surface area contributed by atoms with E-state index in [2.05, 4.69) is 43.4 Å². The second-order valence-electron chi connectivity index (χ2n) is 6.15. The number of nitrogens with one attached hydrogen (secondary N) is 1. The predicted octanol–water partition coefficient (Wildman–Crippen LogP) is 5.22. The number of hydrogen-bond acceptors (Lipinski definition) is 2. The van der Waals surface area contributed by atoms with Crippen molar-refractivity contribution in [2.24, 2.45) is 5.41 Å². The first-order chi connectivity index (χ1) is 9.08. The lowest BCUT2D eigenvalue weighted by molar-refractivity contribution is 0.283. The number of benzene rings is 1. The van der Waals surface area contributed by atoms with Gasteiger partial charge in [0.1, 0.15) is 0 Å². The molecule has 102 valence electrons. The number of rotatable bonds is 3. The van der Waals surface area contributed by atoms with E-state index in [4.69, 9.17) is 11.6 Å². The van der Waals surface area contributed by atoms with E-state index >= 15 is 0 Å². The van der Waals surface area contributed by atoms with Gasteiger partial charge in [0.15, 0.2) is 0 Å². The highest BCUT2D eigenvalue weighted by molar-refractivity contribution is 7.19. The van der Waals surface area contributed by atoms with Gasteiger partial charge in [-0.25, -0.2) is 0 Å². The summed E-state index contributed by atoms with van der Waals surface area (Å²) < 4.78 is 1.29. The Morgan fingerprint density at radius 1 is 1.37 bits per heavy atom. The molecule has 1 heterocycles. The Balaban J connectivity index is 1.77. The summed E-state index contributed by atoms with van der Waals surface area (Å²) in [6.45, 7) is 5.63. The number of hydrogen-bond donors (Lipinski definition) is 1. The van der Waals surface area contributed by atoms with E-state index in [0.717, 1.165) is 11.6 Å². The standard InChI is InChI=1S/C16H20ClNS/c1-16(2)9-5-8-14(16)18-10-13-15(17)11-6-3-4-7-12(11)19-13/h3-4,6-7,14,18H,5,8-10H2,1-2H3. The minimum absolute atomic E-state index is 0.420. The second-order valence-corrected chi connectivity index (χ2v) is 7.66. The Kier molecular flexibility index (Phi) is 3.59. The highest BCUT2D eigenvalue weighted by Gasteiger charge is 2.33. The summed E-state index contributed by atoms with van der Waals surface area (Å²) in [5.74, 6) is 0. The summed E-state index contributed by atoms with van der Waals surface area (Å²) in [7, 11) is 0. The maximum atomic E-state index is 6.48. The Hall–Kier alpha value is -0.570. The van der Waals surface area contributed by atoms with Crippen molar-refractivity contribution in [2.45, 2.75) is 45.7 Å². The molecule has 1 unspecified atom stereocenters. The Morgan fingerprint density at radius 2 is 2.16 bits per heavy atom. The Labute approximate surface area is 124 Å². The molecule has 0 aliphatic heterocycles. The lowest BCUT2D eigenvalue weighted by Gasteiger charge is -2.27. The smallest absolute Gasteiger partial charge is 0.0636 e. The van der Waals surface area contributed by atoms with Gasteiger partial charge in [0.05, 0.1) is 5.02 Å². The lowest BCUT2D eigenvalue weighted by atomic mass is 9.87. The molecule has 1 N–H and O–H groups in total. The highest BCUT2D eigenvalue weighted by Crippen LogP contribution is 2.39. The summed E-state index contributed by atoms with van der Waals surface area (Å²) in [6, 6.07) is 9.00. The van der Waals surface area contributed by atoms with Gasteiger partial charge in [-0.05, 0) is 24.3 Å². The number of halogens is 1. The van der Waals surface area contributed by atoms with E-state index in [1.165, 1.54) is 34.2 Å². The van der Waals surface area contributed by atoms with Crippen LogP contribution in [0.25, 0.3) is 10.1 Å². The Morgan fingerprint density at radius 3 is 2.84 bits per heavy atom. The van der Waals surface area contributed by atoms with Gasteiger partial charge in [-0.2, -0.15) is 0 Å². The van der Waals surface area contributed by atoms with Crippen LogP contribution in [0.15, 0.2) is 24.3 Å². The number of fused-ring (bicyclic) bond motifs is 1. The van der Waals surface area contributed by atoms with Gasteiger partial charge < -0.3 is 5.32 Å². The van der Waals surface area contributed by atoms with Crippen molar-refractivity contribution in [2.75, 3.05) is 0 Å². The van der Waals surface area contributed by atoms with Crippen molar-refractivity contribution in [1.82, 2.24) is 5.32 Å². The molecular weight excluding hydrogens is 274 g/mol. The molecule has 1 aliphatic carbocycles. The third-order valence-corrected chi connectivity index (χ3v) is 6.08. The van der Waals surface area contributed by atoms with Gasteiger partial charge in [0.25, 0.3) is 0 Å². The van der Waals surface area contributed by atoms with Crippen LogP contribution in [-0.2, 0) is 6.54 Å². The molecule has 1 nitrogen and oxygen atoms in total. The molecule has 2 aromatic rings. The molecule has 0 spiro atoms. The van der Waals surface area contributed by atoms with Gasteiger partial charge in [0, 0.05) is 27.5 Å². The predicted molar refractivity (Wildman–Crippen MR) is 85.1 cm³/mol. The van der Waals surface area contributed by atoms with Gasteiger partial charge in [0.2, 0.25) is 0 Å². The van der Waals surface area contributed by atoms with Crippen LogP contribution in [0.2, 0.25) is 5.02 Å². The third kappa shape index (κ3) is 2.54. The van der Waals surface area contributed by atoms with E-state index in [9.17, 15) is 0 Å². The van der Waals surface area contributed by atoms with Crippen molar-refractivity contribution in [3.63, 3.8) is 0 Å². The average molecular weight is 294 g/mol. The van der Waals surface area contributed by atoms with E-state index < -0.39 is 0 Å². The molecule has 3 heteroatoms. The largest absolute Gasteiger partial charge is 0.309 e. The molecule has 3 rings (SSSR count). The van der Waals surface area contributed by atoms with Crippen LogP contribution in [0.4, 0.5) is 0 Å². The van der Waals surface area contributed by atoms with Crippen LogP contribution >= 0.6 is 22.9 Å². The highest BCUT2D eigenvalue weighted by atomic mass is 35.5. The summed E-state index contributed by atoms with van der Waals surface area (Å²) in [5.41, 5.74) is 0.420. The van der Waals surface area contributed by atoms with Crippen LogP contribution in [-0.4, -0.2) is 6.04 Å². The van der Waals surface area contributed by atoms with Crippen LogP contribution in [0.1, 0.15) is 38.0 Å². The fraction of sp³-hybridized carbons (Fsp3) is 0.500. The fourth-order valence-electron chi connectivity index (χ4n) is 3.10. The molecule has 0 radical (unpaired) electrons. The SMILES string of the molecule is CC1(C)CCCC1NCc1sc2ccccc2c1Cl. The molecule has 1 fully saturated rings. The van der Waals surface area contributed by atoms with E-state index in [-0.39, 0.29) is 0 Å². The van der Waals surface area contributed by atoms with Gasteiger partial charge in [-0.15, -0.1) is 11.3 Å². The van der Waals surface area contributed by atoms with Crippen LogP contribution in [0.5, 0.6) is 0 Å². The zero-order chi connectivity index (χ0) is 13.5. The minimum Gasteiger partial charge on any atom is -0.309 e. The van der Waals surface area contributed by atoms with Crippen molar-refractivity contribution < 1.29 is 0 Å². The molecule has 0 saturated heterocycles. The van der Waals surface area contributed by atoms with Crippen LogP contribution in [0, 0.1) is 5.41 Å². The number of thiophene rings is 1. The first-order valence-corrected chi connectivity index (χ1v) is 8.17. The van der Waals surface area contributed by atoms with E-state index in [1.807, 2.05) is 11.3 Å². The van der Waals surface area contributed by atoms with Gasteiger partial charge in [-0.1, -0.05) is 50.1 Å². The zero-order valence-electron chi connectivity index (χ0n) is 11.5. The van der Waals surface area contributed by atoms with Crippen LogP contribution < -0.4 is 5.32 Å². The summed E-state index contributed by atoms with van der Waals surface area (Å²) >= 11 is 8.30. The molecule has 0 bridgehead atoms. The van der Waals surface area contributed by atoms with Crippen LogP contribution in [0.3, 0.4) is 0 Å². The molecule has 0 amide bonds. The fourth-order valence-corrected chi connectivity index (χ4v) is 4.55. The maximum absolute atomic E-state index is 6.48. The molecule has 1 aliphatic rings. The molecule has 1 atom stereocenters. The normalized spacial score (nSPS) is 22.2. The summed E-state index contributed by atoms with van der Waals surface area (Å²) in [6.07, 6.45) is 3.95. The quantitative estimate of drug-likeness (QED) is 0.818. The molecular formula is C16H20ClNS. The van der Waals surface area contributed by atoms with Crippen molar-refractivity contribution in [3.8, 4) is 0 Å². The van der Waals surface area contributed by atoms with E-state index in [0.29, 0.717) is 11.5 Å². The lowest BCUT2D eigenvalue weighted by Crippen LogP contribution is -2.37. The van der Waals surface area contributed by atoms with Gasteiger partial charge in [-0.3, -0.25) is 0 Å². The topological polar surface area (TPSA) is 12.0 Å². The van der Waals surface area contributed by atoms with Crippen molar-refractivity contribution in [3.05, 3.63) is 34.2 Å². The van der Waals surface area contributed by atoms with Crippen molar-refractivity contribution >= 4 is 33.0 Å². The summed E-state index contributed by atoms with van der Waals surface area (Å²) in [4.78, 5) is 1.27. The molecule has 1 aromatic heterocycles. The zero-order valence-corrected chi connectivity index (χ0v) is 13.1. The molecule has 1 aromatic carbocycles. The van der Waals surface area contributed by atoms with Crippen molar-refractivity contribution in [1.29, 1.82) is 0 Å². The molecule has 19 heavy (non-hydrogen) atoms.